The summed E-state index contributed by atoms with van der Waals surface area (Å²) in [6.45, 7) is 2.95. The first-order valence-corrected chi connectivity index (χ1v) is 8.23. The first-order chi connectivity index (χ1) is 11.9. The van der Waals surface area contributed by atoms with E-state index >= 15 is 0 Å². The molecular formula is C16H12F3N3O2S. The van der Waals surface area contributed by atoms with Gasteiger partial charge in [-0.25, -0.2) is 0 Å². The minimum absolute atomic E-state index is 0.142. The Kier molecular flexibility index (Phi) is 3.68. The van der Waals surface area contributed by atoms with Gasteiger partial charge in [-0.1, -0.05) is 0 Å². The molecule has 0 unspecified atom stereocenters. The van der Waals surface area contributed by atoms with Crippen molar-refractivity contribution in [3.63, 3.8) is 0 Å². The van der Waals surface area contributed by atoms with Gasteiger partial charge < -0.3 is 9.47 Å². The summed E-state index contributed by atoms with van der Waals surface area (Å²) in [6, 6.07) is 4.36. The number of nitrogens with one attached hydrogen (secondary N) is 1. The molecule has 4 rings (SSSR count). The normalized spacial score (nSPS) is 13.9. The number of hydrogen-bond donors (Lipinski definition) is 1. The molecule has 130 valence electrons. The first-order valence-electron chi connectivity index (χ1n) is 7.42. The number of aromatic nitrogens is 3. The van der Waals surface area contributed by atoms with Gasteiger partial charge in [-0.2, -0.15) is 18.3 Å². The summed E-state index contributed by atoms with van der Waals surface area (Å²) in [6.07, 6.45) is -2.86. The van der Waals surface area contributed by atoms with E-state index < -0.39 is 11.9 Å². The molecule has 25 heavy (non-hydrogen) atoms. The minimum Gasteiger partial charge on any atom is -0.485 e. The van der Waals surface area contributed by atoms with Crippen LogP contribution in [0.3, 0.4) is 0 Å². The summed E-state index contributed by atoms with van der Waals surface area (Å²) in [7, 11) is 0. The Bertz CT molecular complexity index is 916. The van der Waals surface area contributed by atoms with Crippen LogP contribution in [0.25, 0.3) is 21.8 Å². The highest BCUT2D eigenvalue weighted by Gasteiger charge is 2.33. The van der Waals surface area contributed by atoms with Crippen molar-refractivity contribution in [1.29, 1.82) is 0 Å². The predicted octanol–water partition coefficient (Wildman–Crippen LogP) is 4.30. The van der Waals surface area contributed by atoms with Gasteiger partial charge >= 0.3 is 6.18 Å². The van der Waals surface area contributed by atoms with E-state index in [0.717, 1.165) is 27.1 Å². The molecule has 0 atom stereocenters. The summed E-state index contributed by atoms with van der Waals surface area (Å²) < 4.78 is 49.3. The molecule has 0 aliphatic carbocycles. The second kappa shape index (κ2) is 5.76. The third-order valence-electron chi connectivity index (χ3n) is 3.73. The molecule has 4 heterocycles. The molecule has 9 heteroatoms. The van der Waals surface area contributed by atoms with Gasteiger partial charge in [0.2, 0.25) is 0 Å². The Labute approximate surface area is 144 Å². The number of aromatic amines is 1. The van der Waals surface area contributed by atoms with Crippen molar-refractivity contribution in [3.05, 3.63) is 35.0 Å². The lowest BCUT2D eigenvalue weighted by Crippen LogP contribution is -2.14. The Hall–Kier alpha value is -2.55. The lowest BCUT2D eigenvalue weighted by molar-refractivity contribution is -0.141. The standard InChI is InChI=1S/C16H12F3N3O2S/c1-8-13-14(24-5-4-23-13)15(25-8)9-2-3-10(20-7-9)11-6-12(22-21-11)16(17,18)19/h2-3,6-7H,4-5H2,1H3,(H,21,22). The number of fused-ring (bicyclic) bond motifs is 1. The molecule has 0 saturated heterocycles. The molecule has 1 N–H and O–H groups in total. The molecule has 0 radical (unpaired) electrons. The van der Waals surface area contributed by atoms with Crippen molar-refractivity contribution < 1.29 is 22.6 Å². The maximum atomic E-state index is 12.6. The molecule has 0 bridgehead atoms. The van der Waals surface area contributed by atoms with Gasteiger partial charge in [-0.05, 0) is 25.1 Å². The van der Waals surface area contributed by atoms with Crippen molar-refractivity contribution in [2.24, 2.45) is 0 Å². The van der Waals surface area contributed by atoms with Crippen LogP contribution < -0.4 is 9.47 Å². The van der Waals surface area contributed by atoms with Crippen LogP contribution in [0.15, 0.2) is 24.4 Å². The van der Waals surface area contributed by atoms with Crippen molar-refractivity contribution in [1.82, 2.24) is 15.2 Å². The third-order valence-corrected chi connectivity index (χ3v) is 4.85. The first kappa shape index (κ1) is 15.9. The monoisotopic (exact) mass is 367 g/mol. The number of rotatable bonds is 2. The van der Waals surface area contributed by atoms with E-state index in [1.807, 2.05) is 12.0 Å². The highest BCUT2D eigenvalue weighted by Crippen LogP contribution is 2.48. The number of aryl methyl sites for hydroxylation is 1. The van der Waals surface area contributed by atoms with Crippen LogP contribution in [0.4, 0.5) is 13.2 Å². The summed E-state index contributed by atoms with van der Waals surface area (Å²) in [4.78, 5) is 6.14. The molecule has 1 aliphatic rings. The fourth-order valence-electron chi connectivity index (χ4n) is 2.56. The van der Waals surface area contributed by atoms with Crippen molar-refractivity contribution >= 4 is 11.3 Å². The number of nitrogens with zero attached hydrogens (tertiary/aromatic N) is 2. The van der Waals surface area contributed by atoms with Gasteiger partial charge in [0.05, 0.1) is 10.6 Å². The Morgan fingerprint density at radius 2 is 1.88 bits per heavy atom. The number of H-pyrrole nitrogens is 1. The quantitative estimate of drug-likeness (QED) is 0.734. The largest absolute Gasteiger partial charge is 0.485 e. The molecule has 0 saturated carbocycles. The molecule has 0 aromatic carbocycles. The number of pyridine rings is 1. The maximum Gasteiger partial charge on any atom is 0.432 e. The smallest absolute Gasteiger partial charge is 0.432 e. The predicted molar refractivity (Wildman–Crippen MR) is 85.9 cm³/mol. The third kappa shape index (κ3) is 2.84. The SMILES string of the molecule is Cc1sc(-c2ccc(-c3cc(C(F)(F)F)[nH]n3)nc2)c2c1OCCO2. The maximum absolute atomic E-state index is 12.6. The van der Waals surface area contributed by atoms with Crippen molar-refractivity contribution in [2.45, 2.75) is 13.1 Å². The fourth-order valence-corrected chi connectivity index (χ4v) is 3.60. The van der Waals surface area contributed by atoms with Crippen molar-refractivity contribution in [3.8, 4) is 33.3 Å². The van der Waals surface area contributed by atoms with Gasteiger partial charge in [0.1, 0.15) is 24.6 Å². The lowest BCUT2D eigenvalue weighted by Gasteiger charge is -2.16. The highest BCUT2D eigenvalue weighted by atomic mass is 32.1. The summed E-state index contributed by atoms with van der Waals surface area (Å²) in [5.74, 6) is 1.44. The van der Waals surface area contributed by atoms with Gasteiger partial charge in [-0.3, -0.25) is 10.1 Å². The Balaban J connectivity index is 1.66. The molecule has 5 nitrogen and oxygen atoms in total. The second-order valence-electron chi connectivity index (χ2n) is 5.44. The minimum atomic E-state index is -4.46. The van der Waals surface area contributed by atoms with Gasteiger partial charge in [-0.15, -0.1) is 11.3 Å². The van der Waals surface area contributed by atoms with Crippen molar-refractivity contribution in [2.75, 3.05) is 13.2 Å². The van der Waals surface area contributed by atoms with E-state index in [4.69, 9.17) is 9.47 Å². The lowest BCUT2D eigenvalue weighted by atomic mass is 10.2. The van der Waals surface area contributed by atoms with Crippen LogP contribution in [0.1, 0.15) is 10.6 Å². The summed E-state index contributed by atoms with van der Waals surface area (Å²) in [5, 5.41) is 5.67. The molecule has 0 spiro atoms. The number of alkyl halides is 3. The zero-order valence-corrected chi connectivity index (χ0v) is 13.8. The van der Waals surface area contributed by atoms with Gasteiger partial charge in [0, 0.05) is 16.6 Å². The molecule has 0 amide bonds. The van der Waals surface area contributed by atoms with E-state index in [1.165, 1.54) is 11.3 Å². The number of halogens is 3. The van der Waals surface area contributed by atoms with E-state index in [1.54, 1.807) is 18.3 Å². The summed E-state index contributed by atoms with van der Waals surface area (Å²) in [5.41, 5.74) is 0.412. The molecule has 1 aliphatic heterocycles. The van der Waals surface area contributed by atoms with E-state index in [0.29, 0.717) is 24.7 Å². The van der Waals surface area contributed by atoms with E-state index in [9.17, 15) is 13.2 Å². The average molecular weight is 367 g/mol. The van der Waals surface area contributed by atoms with E-state index in [-0.39, 0.29) is 5.69 Å². The van der Waals surface area contributed by atoms with Crippen LogP contribution in [0.5, 0.6) is 11.5 Å². The van der Waals surface area contributed by atoms with E-state index in [2.05, 4.69) is 10.1 Å². The topological polar surface area (TPSA) is 60.0 Å². The fraction of sp³-hybridized carbons (Fsp3) is 0.250. The van der Waals surface area contributed by atoms with Crippen LogP contribution in [-0.2, 0) is 6.18 Å². The van der Waals surface area contributed by atoms with Crippen LogP contribution >= 0.6 is 11.3 Å². The van der Waals surface area contributed by atoms with Gasteiger partial charge in [0.15, 0.2) is 11.5 Å². The Morgan fingerprint density at radius 3 is 2.52 bits per heavy atom. The average Bonchev–Trinajstić information content (AvgIpc) is 3.21. The van der Waals surface area contributed by atoms with Crippen LogP contribution in [0.2, 0.25) is 0 Å². The zero-order chi connectivity index (χ0) is 17.6. The number of thiophene rings is 1. The van der Waals surface area contributed by atoms with Crippen LogP contribution in [-0.4, -0.2) is 28.4 Å². The molecular weight excluding hydrogens is 355 g/mol. The number of ether oxygens (including phenoxy) is 2. The molecule has 3 aromatic rings. The molecule has 0 fully saturated rings. The Morgan fingerprint density at radius 1 is 1.12 bits per heavy atom. The second-order valence-corrected chi connectivity index (χ2v) is 6.66. The number of hydrogen-bond acceptors (Lipinski definition) is 5. The zero-order valence-electron chi connectivity index (χ0n) is 13.0. The van der Waals surface area contributed by atoms with Crippen LogP contribution in [0, 0.1) is 6.92 Å². The molecule has 3 aromatic heterocycles. The highest BCUT2D eigenvalue weighted by molar-refractivity contribution is 7.16. The van der Waals surface area contributed by atoms with Gasteiger partial charge in [0.25, 0.3) is 0 Å². The summed E-state index contributed by atoms with van der Waals surface area (Å²) >= 11 is 1.53.